The predicted molar refractivity (Wildman–Crippen MR) is 92.2 cm³/mol. The first kappa shape index (κ1) is 17.7. The standard InChI is InChI=1S/C17H32N4/c1-9-10-18-15-14(12(2)3)16(20-11-19-15)21(8)13(4)17(5,6)7/h11-13H,9-10H2,1-8H3,(H,18,19,20). The van der Waals surface area contributed by atoms with Crippen molar-refractivity contribution < 1.29 is 0 Å². The molecule has 1 rings (SSSR count). The van der Waals surface area contributed by atoms with Crippen LogP contribution in [0.5, 0.6) is 0 Å². The molecule has 0 radical (unpaired) electrons. The van der Waals surface area contributed by atoms with Crippen LogP contribution in [-0.4, -0.2) is 29.6 Å². The molecule has 0 aliphatic rings. The van der Waals surface area contributed by atoms with Gasteiger partial charge < -0.3 is 10.2 Å². The highest BCUT2D eigenvalue weighted by Gasteiger charge is 2.27. The number of nitrogens with zero attached hydrogens (tertiary/aromatic N) is 3. The summed E-state index contributed by atoms with van der Waals surface area (Å²) in [5, 5.41) is 3.44. The van der Waals surface area contributed by atoms with Gasteiger partial charge in [0.2, 0.25) is 0 Å². The average Bonchev–Trinajstić information content (AvgIpc) is 2.41. The Labute approximate surface area is 130 Å². The molecule has 1 unspecified atom stereocenters. The van der Waals surface area contributed by atoms with Crippen LogP contribution in [0.15, 0.2) is 6.33 Å². The van der Waals surface area contributed by atoms with Crippen LogP contribution in [0.1, 0.15) is 66.4 Å². The molecule has 1 aromatic heterocycles. The second-order valence-corrected chi connectivity index (χ2v) is 7.19. The Morgan fingerprint density at radius 3 is 2.29 bits per heavy atom. The number of hydrogen-bond donors (Lipinski definition) is 1. The van der Waals surface area contributed by atoms with Gasteiger partial charge in [-0.25, -0.2) is 9.97 Å². The molecule has 4 nitrogen and oxygen atoms in total. The van der Waals surface area contributed by atoms with Gasteiger partial charge in [0.1, 0.15) is 18.0 Å². The minimum Gasteiger partial charge on any atom is -0.370 e. The summed E-state index contributed by atoms with van der Waals surface area (Å²) in [6, 6.07) is 0.393. The summed E-state index contributed by atoms with van der Waals surface area (Å²) in [6.07, 6.45) is 2.76. The topological polar surface area (TPSA) is 41.1 Å². The summed E-state index contributed by atoms with van der Waals surface area (Å²) in [6.45, 7) is 16.6. The van der Waals surface area contributed by atoms with Gasteiger partial charge >= 0.3 is 0 Å². The van der Waals surface area contributed by atoms with E-state index >= 15 is 0 Å². The zero-order chi connectivity index (χ0) is 16.2. The lowest BCUT2D eigenvalue weighted by atomic mass is 9.87. The van der Waals surface area contributed by atoms with E-state index in [1.54, 1.807) is 6.33 Å². The van der Waals surface area contributed by atoms with Gasteiger partial charge in [-0.05, 0) is 24.7 Å². The molecule has 4 heteroatoms. The highest BCUT2D eigenvalue weighted by Crippen LogP contribution is 2.34. The van der Waals surface area contributed by atoms with Crippen LogP contribution in [0.25, 0.3) is 0 Å². The van der Waals surface area contributed by atoms with Crippen LogP contribution < -0.4 is 10.2 Å². The average molecular weight is 292 g/mol. The quantitative estimate of drug-likeness (QED) is 0.849. The molecule has 0 bridgehead atoms. The summed E-state index contributed by atoms with van der Waals surface area (Å²) in [4.78, 5) is 11.3. The van der Waals surface area contributed by atoms with Gasteiger partial charge in [0, 0.05) is 25.2 Å². The predicted octanol–water partition coefficient (Wildman–Crippen LogP) is 4.29. The van der Waals surface area contributed by atoms with Crippen molar-refractivity contribution in [1.29, 1.82) is 0 Å². The lowest BCUT2D eigenvalue weighted by Gasteiger charge is -2.37. The lowest BCUT2D eigenvalue weighted by molar-refractivity contribution is 0.328. The first-order chi connectivity index (χ1) is 9.70. The van der Waals surface area contributed by atoms with E-state index in [-0.39, 0.29) is 5.41 Å². The van der Waals surface area contributed by atoms with Crippen molar-refractivity contribution in [2.75, 3.05) is 23.8 Å². The fourth-order valence-corrected chi connectivity index (χ4v) is 2.35. The van der Waals surface area contributed by atoms with E-state index in [0.29, 0.717) is 12.0 Å². The Morgan fingerprint density at radius 1 is 1.19 bits per heavy atom. The molecule has 1 heterocycles. The molecule has 0 amide bonds. The summed E-state index contributed by atoms with van der Waals surface area (Å²) in [5.74, 6) is 2.40. The Balaban J connectivity index is 3.22. The molecule has 0 aromatic carbocycles. The van der Waals surface area contributed by atoms with Crippen LogP contribution in [0, 0.1) is 5.41 Å². The summed E-state index contributed by atoms with van der Waals surface area (Å²) < 4.78 is 0. The molecule has 0 aliphatic carbocycles. The maximum absolute atomic E-state index is 4.58. The van der Waals surface area contributed by atoms with Gasteiger partial charge in [-0.3, -0.25) is 0 Å². The fourth-order valence-electron chi connectivity index (χ4n) is 2.35. The third-order valence-corrected chi connectivity index (χ3v) is 4.15. The molecule has 0 fully saturated rings. The van der Waals surface area contributed by atoms with Crippen molar-refractivity contribution >= 4 is 11.6 Å². The molecule has 1 N–H and O–H groups in total. The van der Waals surface area contributed by atoms with E-state index in [2.05, 4.69) is 75.7 Å². The van der Waals surface area contributed by atoms with Gasteiger partial charge in [0.25, 0.3) is 0 Å². The molecule has 120 valence electrons. The van der Waals surface area contributed by atoms with Crippen LogP contribution in [0.2, 0.25) is 0 Å². The molecule has 1 atom stereocenters. The Morgan fingerprint density at radius 2 is 1.81 bits per heavy atom. The molecule has 21 heavy (non-hydrogen) atoms. The van der Waals surface area contributed by atoms with Crippen LogP contribution in [0.4, 0.5) is 11.6 Å². The summed E-state index contributed by atoms with van der Waals surface area (Å²) in [7, 11) is 2.13. The maximum atomic E-state index is 4.58. The van der Waals surface area contributed by atoms with Gasteiger partial charge in [-0.1, -0.05) is 41.5 Å². The van der Waals surface area contributed by atoms with Gasteiger partial charge in [-0.2, -0.15) is 0 Å². The van der Waals surface area contributed by atoms with Gasteiger partial charge in [-0.15, -0.1) is 0 Å². The Kier molecular flexibility index (Phi) is 5.99. The monoisotopic (exact) mass is 292 g/mol. The minimum atomic E-state index is 0.199. The van der Waals surface area contributed by atoms with Crippen LogP contribution in [-0.2, 0) is 0 Å². The van der Waals surface area contributed by atoms with Crippen molar-refractivity contribution in [3.63, 3.8) is 0 Å². The summed E-state index contributed by atoms with van der Waals surface area (Å²) >= 11 is 0. The van der Waals surface area contributed by atoms with E-state index in [0.717, 1.165) is 24.6 Å². The van der Waals surface area contributed by atoms with Gasteiger partial charge in [0.15, 0.2) is 0 Å². The largest absolute Gasteiger partial charge is 0.370 e. The van der Waals surface area contributed by atoms with E-state index < -0.39 is 0 Å². The van der Waals surface area contributed by atoms with Crippen molar-refractivity contribution in [3.8, 4) is 0 Å². The van der Waals surface area contributed by atoms with E-state index in [4.69, 9.17) is 0 Å². The van der Waals surface area contributed by atoms with Crippen molar-refractivity contribution in [2.45, 2.75) is 66.8 Å². The normalized spacial score (nSPS) is 13.4. The smallest absolute Gasteiger partial charge is 0.137 e. The zero-order valence-corrected chi connectivity index (χ0v) is 15.0. The molecule has 0 saturated carbocycles. The van der Waals surface area contributed by atoms with Crippen LogP contribution in [0.3, 0.4) is 0 Å². The Bertz CT molecular complexity index is 449. The fraction of sp³-hybridized carbons (Fsp3) is 0.765. The number of nitrogens with one attached hydrogen (secondary N) is 1. The Hall–Kier alpha value is -1.32. The first-order valence-corrected chi connectivity index (χ1v) is 8.01. The van der Waals surface area contributed by atoms with E-state index in [1.165, 1.54) is 5.56 Å². The number of aromatic nitrogens is 2. The zero-order valence-electron chi connectivity index (χ0n) is 15.0. The lowest BCUT2D eigenvalue weighted by Crippen LogP contribution is -2.40. The molecule has 0 aliphatic heterocycles. The van der Waals surface area contributed by atoms with Crippen molar-refractivity contribution in [2.24, 2.45) is 5.41 Å². The molecule has 0 saturated heterocycles. The first-order valence-electron chi connectivity index (χ1n) is 8.01. The van der Waals surface area contributed by atoms with Gasteiger partial charge in [0.05, 0.1) is 0 Å². The number of hydrogen-bond acceptors (Lipinski definition) is 4. The third kappa shape index (κ3) is 4.32. The molecule has 1 aromatic rings. The SMILES string of the molecule is CCCNc1ncnc(N(C)C(C)C(C)(C)C)c1C(C)C. The molecule has 0 spiro atoms. The third-order valence-electron chi connectivity index (χ3n) is 4.15. The maximum Gasteiger partial charge on any atom is 0.137 e. The van der Waals surface area contributed by atoms with Crippen molar-refractivity contribution in [1.82, 2.24) is 9.97 Å². The molecular weight excluding hydrogens is 260 g/mol. The second kappa shape index (κ2) is 7.10. The highest BCUT2D eigenvalue weighted by atomic mass is 15.2. The van der Waals surface area contributed by atoms with E-state index in [1.807, 2.05) is 0 Å². The highest BCUT2D eigenvalue weighted by molar-refractivity contribution is 5.60. The van der Waals surface area contributed by atoms with Crippen LogP contribution >= 0.6 is 0 Å². The number of rotatable bonds is 6. The van der Waals surface area contributed by atoms with Crippen molar-refractivity contribution in [3.05, 3.63) is 11.9 Å². The number of anilines is 2. The second-order valence-electron chi connectivity index (χ2n) is 7.19. The minimum absolute atomic E-state index is 0.199. The summed E-state index contributed by atoms with van der Waals surface area (Å²) in [5.41, 5.74) is 1.41. The van der Waals surface area contributed by atoms with E-state index in [9.17, 15) is 0 Å². The molecular formula is C17H32N4.